The smallest absolute Gasteiger partial charge is 0.328 e. The Morgan fingerprint density at radius 2 is 2.10 bits per heavy atom. The first-order valence-corrected chi connectivity index (χ1v) is 7.93. The van der Waals surface area contributed by atoms with E-state index in [0.717, 1.165) is 17.5 Å². The fourth-order valence-corrected chi connectivity index (χ4v) is 3.98. The molecular weight excluding hydrogens is 262 g/mol. The molecule has 1 N–H and O–H groups in total. The van der Waals surface area contributed by atoms with E-state index >= 15 is 0 Å². The van der Waals surface area contributed by atoms with Gasteiger partial charge in [0.25, 0.3) is 0 Å². The second-order valence-corrected chi connectivity index (χ2v) is 6.31. The Kier molecular flexibility index (Phi) is 4.00. The minimum Gasteiger partial charge on any atom is -0.478 e. The van der Waals surface area contributed by atoms with Crippen molar-refractivity contribution < 1.29 is 9.90 Å². The number of carbonyl (C=O) groups is 1. The number of hydrogen-bond acceptors (Lipinski definition) is 2. The van der Waals surface area contributed by atoms with E-state index in [2.05, 4.69) is 24.0 Å². The van der Waals surface area contributed by atoms with Gasteiger partial charge in [-0.05, 0) is 61.4 Å². The van der Waals surface area contributed by atoms with Crippen molar-refractivity contribution in [1.29, 1.82) is 0 Å². The minimum absolute atomic E-state index is 0.720. The summed E-state index contributed by atoms with van der Waals surface area (Å²) in [6.45, 7) is 3.30. The van der Waals surface area contributed by atoms with Crippen molar-refractivity contribution >= 4 is 17.7 Å². The lowest BCUT2D eigenvalue weighted by molar-refractivity contribution is -0.131. The van der Waals surface area contributed by atoms with E-state index in [1.54, 1.807) is 6.08 Å². The number of aliphatic carboxylic acids is 1. The minimum atomic E-state index is -0.902. The van der Waals surface area contributed by atoms with Crippen LogP contribution < -0.4 is 4.90 Å². The molecule has 0 radical (unpaired) electrons. The molecule has 1 aliphatic carbocycles. The highest BCUT2D eigenvalue weighted by molar-refractivity contribution is 5.85. The van der Waals surface area contributed by atoms with Crippen molar-refractivity contribution in [3.05, 3.63) is 35.4 Å². The predicted molar refractivity (Wildman–Crippen MR) is 85.6 cm³/mol. The first-order valence-electron chi connectivity index (χ1n) is 7.93. The number of carboxylic acids is 1. The van der Waals surface area contributed by atoms with Crippen LogP contribution in [0.25, 0.3) is 6.08 Å². The van der Waals surface area contributed by atoms with Gasteiger partial charge in [0, 0.05) is 24.4 Å². The molecule has 0 amide bonds. The molecule has 3 heteroatoms. The molecule has 1 saturated carbocycles. The maximum absolute atomic E-state index is 10.6. The summed E-state index contributed by atoms with van der Waals surface area (Å²) in [5, 5.41) is 8.71. The van der Waals surface area contributed by atoms with Crippen LogP contribution in [0.3, 0.4) is 0 Å². The Morgan fingerprint density at radius 3 is 2.86 bits per heavy atom. The Balaban J connectivity index is 1.81. The number of fused-ring (bicyclic) bond motifs is 1. The molecule has 1 aromatic rings. The molecule has 21 heavy (non-hydrogen) atoms. The SMILES string of the molecule is Cc1cc(/C=C/C(=O)O)ccc1N1CCC2CCCCC21. The number of anilines is 1. The molecular formula is C18H23NO2. The molecule has 3 nitrogen and oxygen atoms in total. The number of nitrogens with zero attached hydrogens (tertiary/aromatic N) is 1. The Morgan fingerprint density at radius 1 is 1.29 bits per heavy atom. The second kappa shape index (κ2) is 5.92. The first kappa shape index (κ1) is 14.2. The Bertz CT molecular complexity index is 564. The molecule has 0 aromatic heterocycles. The normalized spacial score (nSPS) is 25.3. The quantitative estimate of drug-likeness (QED) is 0.857. The third-order valence-corrected chi connectivity index (χ3v) is 4.96. The van der Waals surface area contributed by atoms with Gasteiger partial charge in [0.2, 0.25) is 0 Å². The lowest BCUT2D eigenvalue weighted by Crippen LogP contribution is -2.35. The first-order chi connectivity index (χ1) is 10.1. The van der Waals surface area contributed by atoms with Crippen LogP contribution in [0.2, 0.25) is 0 Å². The highest BCUT2D eigenvalue weighted by Crippen LogP contribution is 2.39. The van der Waals surface area contributed by atoms with Gasteiger partial charge in [-0.2, -0.15) is 0 Å². The Hall–Kier alpha value is -1.77. The topological polar surface area (TPSA) is 40.5 Å². The highest BCUT2D eigenvalue weighted by Gasteiger charge is 2.36. The van der Waals surface area contributed by atoms with Crippen molar-refractivity contribution in [3.63, 3.8) is 0 Å². The van der Waals surface area contributed by atoms with Crippen LogP contribution >= 0.6 is 0 Å². The van der Waals surface area contributed by atoms with Gasteiger partial charge in [0.05, 0.1) is 0 Å². The number of hydrogen-bond donors (Lipinski definition) is 1. The van der Waals surface area contributed by atoms with Crippen LogP contribution in [0, 0.1) is 12.8 Å². The summed E-state index contributed by atoms with van der Waals surface area (Å²) in [4.78, 5) is 13.2. The van der Waals surface area contributed by atoms with E-state index in [9.17, 15) is 4.79 Å². The van der Waals surface area contributed by atoms with Gasteiger partial charge in [0.1, 0.15) is 0 Å². The zero-order chi connectivity index (χ0) is 14.8. The summed E-state index contributed by atoms with van der Waals surface area (Å²) < 4.78 is 0. The third-order valence-electron chi connectivity index (χ3n) is 4.96. The van der Waals surface area contributed by atoms with E-state index in [1.807, 2.05) is 6.07 Å². The van der Waals surface area contributed by atoms with Crippen LogP contribution in [0.15, 0.2) is 24.3 Å². The Labute approximate surface area is 126 Å². The van der Waals surface area contributed by atoms with Crippen LogP contribution in [0.4, 0.5) is 5.69 Å². The van der Waals surface area contributed by atoms with E-state index in [4.69, 9.17) is 5.11 Å². The van der Waals surface area contributed by atoms with Crippen molar-refractivity contribution in [2.75, 3.05) is 11.4 Å². The molecule has 2 atom stereocenters. The maximum Gasteiger partial charge on any atom is 0.328 e. The predicted octanol–water partition coefficient (Wildman–Crippen LogP) is 3.86. The molecule has 0 bridgehead atoms. The van der Waals surface area contributed by atoms with Gasteiger partial charge in [-0.3, -0.25) is 0 Å². The second-order valence-electron chi connectivity index (χ2n) is 6.31. The van der Waals surface area contributed by atoms with Gasteiger partial charge >= 0.3 is 5.97 Å². The fraction of sp³-hybridized carbons (Fsp3) is 0.500. The van der Waals surface area contributed by atoms with Crippen molar-refractivity contribution in [2.24, 2.45) is 5.92 Å². The summed E-state index contributed by atoms with van der Waals surface area (Å²) in [5.74, 6) is -0.0222. The molecule has 2 aliphatic rings. The zero-order valence-electron chi connectivity index (χ0n) is 12.6. The molecule has 0 spiro atoms. The molecule has 1 heterocycles. The molecule has 1 aromatic carbocycles. The van der Waals surface area contributed by atoms with E-state index in [-0.39, 0.29) is 0 Å². The summed E-state index contributed by atoms with van der Waals surface area (Å²) >= 11 is 0. The van der Waals surface area contributed by atoms with E-state index < -0.39 is 5.97 Å². The molecule has 2 unspecified atom stereocenters. The van der Waals surface area contributed by atoms with Gasteiger partial charge in [-0.15, -0.1) is 0 Å². The van der Waals surface area contributed by atoms with Gasteiger partial charge in [-0.1, -0.05) is 18.9 Å². The maximum atomic E-state index is 10.6. The summed E-state index contributed by atoms with van der Waals surface area (Å²) in [6, 6.07) is 6.99. The van der Waals surface area contributed by atoms with Crippen LogP contribution in [0.5, 0.6) is 0 Å². The molecule has 112 valence electrons. The lowest BCUT2D eigenvalue weighted by atomic mass is 9.85. The van der Waals surface area contributed by atoms with Crippen LogP contribution in [-0.2, 0) is 4.79 Å². The third kappa shape index (κ3) is 2.97. The van der Waals surface area contributed by atoms with Crippen molar-refractivity contribution in [1.82, 2.24) is 0 Å². The fourth-order valence-electron chi connectivity index (χ4n) is 3.98. The number of rotatable bonds is 3. The highest BCUT2D eigenvalue weighted by atomic mass is 16.4. The van der Waals surface area contributed by atoms with Gasteiger partial charge < -0.3 is 10.0 Å². The number of carboxylic acid groups (broad SMARTS) is 1. The standard InChI is InChI=1S/C18H23NO2/c1-13-12-14(7-9-18(20)21)6-8-16(13)19-11-10-15-4-2-3-5-17(15)19/h6-9,12,15,17H,2-5,10-11H2,1H3,(H,20,21)/b9-7+. The summed E-state index contributed by atoms with van der Waals surface area (Å²) in [6.07, 6.45) is 9.65. The molecule has 1 aliphatic heterocycles. The number of benzene rings is 1. The summed E-state index contributed by atoms with van der Waals surface area (Å²) in [5.41, 5.74) is 3.53. The average molecular weight is 285 g/mol. The van der Waals surface area contributed by atoms with Gasteiger partial charge in [0.15, 0.2) is 0 Å². The molecule has 2 fully saturated rings. The summed E-state index contributed by atoms with van der Waals surface area (Å²) in [7, 11) is 0. The van der Waals surface area contributed by atoms with Crippen molar-refractivity contribution in [2.45, 2.75) is 45.1 Å². The van der Waals surface area contributed by atoms with Crippen LogP contribution in [-0.4, -0.2) is 23.7 Å². The number of aryl methyl sites for hydroxylation is 1. The molecule has 3 rings (SSSR count). The zero-order valence-corrected chi connectivity index (χ0v) is 12.6. The monoisotopic (exact) mass is 285 g/mol. The molecule has 1 saturated heterocycles. The van der Waals surface area contributed by atoms with E-state index in [0.29, 0.717) is 0 Å². The van der Waals surface area contributed by atoms with Crippen molar-refractivity contribution in [3.8, 4) is 0 Å². The lowest BCUT2D eigenvalue weighted by Gasteiger charge is -2.34. The van der Waals surface area contributed by atoms with Crippen LogP contribution in [0.1, 0.15) is 43.2 Å². The average Bonchev–Trinajstić information content (AvgIpc) is 2.89. The largest absolute Gasteiger partial charge is 0.478 e. The van der Waals surface area contributed by atoms with Gasteiger partial charge in [-0.25, -0.2) is 4.79 Å². The van der Waals surface area contributed by atoms with E-state index in [1.165, 1.54) is 56.0 Å².